The maximum atomic E-state index is 12.1. The van der Waals surface area contributed by atoms with Gasteiger partial charge in [0.2, 0.25) is 0 Å². The van der Waals surface area contributed by atoms with Crippen molar-refractivity contribution in [2.24, 2.45) is 0 Å². The molecule has 8 nitrogen and oxygen atoms in total. The Morgan fingerprint density at radius 1 is 0.833 bits per heavy atom. The molecule has 0 aliphatic carbocycles. The summed E-state index contributed by atoms with van der Waals surface area (Å²) in [7, 11) is 0. The van der Waals surface area contributed by atoms with Crippen LogP contribution in [0.1, 0.15) is 44.6 Å². The Labute approximate surface area is 211 Å². The van der Waals surface area contributed by atoms with E-state index >= 15 is 0 Å². The van der Waals surface area contributed by atoms with Crippen molar-refractivity contribution < 1.29 is 38.4 Å². The minimum Gasteiger partial charge on any atom is -0.494 e. The molecular formula is C28H32O8. The largest absolute Gasteiger partial charge is 0.494 e. The number of unbranched alkanes of at least 4 members (excludes halogenated alkanes) is 3. The van der Waals surface area contributed by atoms with Crippen LogP contribution in [0.5, 0.6) is 17.2 Å². The van der Waals surface area contributed by atoms with Gasteiger partial charge in [-0.1, -0.05) is 18.7 Å². The molecule has 0 aliphatic rings. The maximum absolute atomic E-state index is 12.1. The molecule has 0 spiro atoms. The molecular weight excluding hydrogens is 464 g/mol. The van der Waals surface area contributed by atoms with E-state index in [-0.39, 0.29) is 19.0 Å². The van der Waals surface area contributed by atoms with Crippen molar-refractivity contribution in [1.29, 1.82) is 0 Å². The van der Waals surface area contributed by atoms with Gasteiger partial charge in [0, 0.05) is 11.6 Å². The first kappa shape index (κ1) is 28.3. The highest BCUT2D eigenvalue weighted by atomic mass is 16.5. The van der Waals surface area contributed by atoms with Crippen LogP contribution in [-0.2, 0) is 19.1 Å². The SMILES string of the molecule is C=C(C)C(=O)Oc1ccc(OC(=O)/C=C/c2ccc(OCCCCCCOC(=O)CCO)cc2)cc1. The van der Waals surface area contributed by atoms with Gasteiger partial charge < -0.3 is 24.1 Å². The van der Waals surface area contributed by atoms with Crippen LogP contribution >= 0.6 is 0 Å². The molecule has 0 fully saturated rings. The first-order chi connectivity index (χ1) is 17.4. The van der Waals surface area contributed by atoms with Crippen molar-refractivity contribution in [2.75, 3.05) is 19.8 Å². The van der Waals surface area contributed by atoms with Gasteiger partial charge in [-0.25, -0.2) is 9.59 Å². The smallest absolute Gasteiger partial charge is 0.338 e. The van der Waals surface area contributed by atoms with E-state index in [9.17, 15) is 14.4 Å². The van der Waals surface area contributed by atoms with Gasteiger partial charge in [0.15, 0.2) is 0 Å². The summed E-state index contributed by atoms with van der Waals surface area (Å²) in [4.78, 5) is 34.7. The van der Waals surface area contributed by atoms with Gasteiger partial charge in [-0.05, 0) is 80.6 Å². The fourth-order valence-electron chi connectivity index (χ4n) is 2.86. The van der Waals surface area contributed by atoms with Crippen molar-refractivity contribution >= 4 is 24.0 Å². The quantitative estimate of drug-likeness (QED) is 0.164. The highest BCUT2D eigenvalue weighted by molar-refractivity contribution is 5.89. The Balaban J connectivity index is 1.65. The molecule has 0 aromatic heterocycles. The predicted molar refractivity (Wildman–Crippen MR) is 135 cm³/mol. The molecule has 0 radical (unpaired) electrons. The molecule has 192 valence electrons. The van der Waals surface area contributed by atoms with E-state index in [1.165, 1.54) is 30.3 Å². The van der Waals surface area contributed by atoms with Crippen LogP contribution in [0.3, 0.4) is 0 Å². The summed E-state index contributed by atoms with van der Waals surface area (Å²) in [5, 5.41) is 8.63. The second-order valence-electron chi connectivity index (χ2n) is 7.92. The number of rotatable bonds is 15. The molecule has 36 heavy (non-hydrogen) atoms. The number of aliphatic hydroxyl groups is 1. The Morgan fingerprint density at radius 3 is 2.03 bits per heavy atom. The molecule has 0 amide bonds. The minimum atomic E-state index is -0.537. The third kappa shape index (κ3) is 11.5. The van der Waals surface area contributed by atoms with E-state index in [2.05, 4.69) is 6.58 Å². The average Bonchev–Trinajstić information content (AvgIpc) is 2.86. The number of hydrogen-bond acceptors (Lipinski definition) is 8. The second-order valence-corrected chi connectivity index (χ2v) is 7.92. The standard InChI is InChI=1S/C28H32O8/c1-21(2)28(32)36-25-14-12-24(13-15-25)35-27(31)16-9-22-7-10-23(11-8-22)33-19-5-3-4-6-20-34-26(30)17-18-29/h7-16,29H,1,3-6,17-20H2,2H3/b16-9+. The van der Waals surface area contributed by atoms with Gasteiger partial charge >= 0.3 is 17.9 Å². The van der Waals surface area contributed by atoms with Gasteiger partial charge in [0.05, 0.1) is 26.2 Å². The van der Waals surface area contributed by atoms with Gasteiger partial charge in [-0.3, -0.25) is 4.79 Å². The molecule has 0 saturated carbocycles. The van der Waals surface area contributed by atoms with Gasteiger partial charge in [0.25, 0.3) is 0 Å². The number of hydrogen-bond donors (Lipinski definition) is 1. The van der Waals surface area contributed by atoms with E-state index < -0.39 is 11.9 Å². The number of ether oxygens (including phenoxy) is 4. The van der Waals surface area contributed by atoms with Crippen LogP contribution in [0, 0.1) is 0 Å². The molecule has 0 heterocycles. The van der Waals surface area contributed by atoms with E-state index in [1.54, 1.807) is 13.0 Å². The number of esters is 3. The lowest BCUT2D eigenvalue weighted by Gasteiger charge is -2.07. The van der Waals surface area contributed by atoms with E-state index in [1.807, 2.05) is 24.3 Å². The van der Waals surface area contributed by atoms with Crippen molar-refractivity contribution in [3.63, 3.8) is 0 Å². The molecule has 8 heteroatoms. The molecule has 1 N–H and O–H groups in total. The lowest BCUT2D eigenvalue weighted by molar-refractivity contribution is -0.144. The van der Waals surface area contributed by atoms with Gasteiger partial charge in [0.1, 0.15) is 17.2 Å². The fourth-order valence-corrected chi connectivity index (χ4v) is 2.86. The summed E-state index contributed by atoms with van der Waals surface area (Å²) in [5.74, 6) is -0.0350. The van der Waals surface area contributed by atoms with Crippen LogP contribution in [0.4, 0.5) is 0 Å². The molecule has 0 saturated heterocycles. The van der Waals surface area contributed by atoms with Crippen LogP contribution in [0.15, 0.2) is 66.8 Å². The second kappa shape index (κ2) is 15.9. The van der Waals surface area contributed by atoms with Crippen LogP contribution in [0.25, 0.3) is 6.08 Å². The van der Waals surface area contributed by atoms with Crippen molar-refractivity contribution in [2.45, 2.75) is 39.0 Å². The number of carbonyl (C=O) groups is 3. The average molecular weight is 497 g/mol. The summed E-state index contributed by atoms with van der Waals surface area (Å²) >= 11 is 0. The zero-order valence-corrected chi connectivity index (χ0v) is 20.4. The summed E-state index contributed by atoms with van der Waals surface area (Å²) in [5.41, 5.74) is 1.11. The fraction of sp³-hybridized carbons (Fsp3) is 0.321. The Hall–Kier alpha value is -3.91. The predicted octanol–water partition coefficient (Wildman–Crippen LogP) is 4.65. The van der Waals surface area contributed by atoms with Crippen molar-refractivity contribution in [1.82, 2.24) is 0 Å². The minimum absolute atomic E-state index is 0.0403. The van der Waals surface area contributed by atoms with Crippen molar-refractivity contribution in [3.8, 4) is 17.2 Å². The lowest BCUT2D eigenvalue weighted by Crippen LogP contribution is -2.08. The summed E-state index contributed by atoms with van der Waals surface area (Å²) in [6.45, 7) is 5.85. The highest BCUT2D eigenvalue weighted by Gasteiger charge is 2.06. The first-order valence-corrected chi connectivity index (χ1v) is 11.7. The maximum Gasteiger partial charge on any atom is 0.338 e. The molecule has 0 aliphatic heterocycles. The molecule has 2 aromatic rings. The van der Waals surface area contributed by atoms with Crippen LogP contribution < -0.4 is 14.2 Å². The third-order valence-electron chi connectivity index (χ3n) is 4.78. The van der Waals surface area contributed by atoms with E-state index in [0.29, 0.717) is 30.3 Å². The van der Waals surface area contributed by atoms with E-state index in [0.717, 1.165) is 37.0 Å². The Morgan fingerprint density at radius 2 is 1.42 bits per heavy atom. The van der Waals surface area contributed by atoms with Crippen molar-refractivity contribution in [3.05, 3.63) is 72.3 Å². The lowest BCUT2D eigenvalue weighted by atomic mass is 10.2. The zero-order chi connectivity index (χ0) is 26.2. The number of carbonyl (C=O) groups excluding carboxylic acids is 3. The molecule has 0 atom stereocenters. The molecule has 2 rings (SSSR count). The highest BCUT2D eigenvalue weighted by Crippen LogP contribution is 2.19. The monoisotopic (exact) mass is 496 g/mol. The van der Waals surface area contributed by atoms with Gasteiger partial charge in [-0.2, -0.15) is 0 Å². The number of aliphatic hydroxyl groups excluding tert-OH is 1. The zero-order valence-electron chi connectivity index (χ0n) is 20.4. The van der Waals surface area contributed by atoms with Crippen LogP contribution in [0.2, 0.25) is 0 Å². The third-order valence-corrected chi connectivity index (χ3v) is 4.78. The Bertz CT molecular complexity index is 1020. The van der Waals surface area contributed by atoms with E-state index in [4.69, 9.17) is 24.1 Å². The molecule has 2 aromatic carbocycles. The molecule has 0 unspecified atom stereocenters. The first-order valence-electron chi connectivity index (χ1n) is 11.7. The van der Waals surface area contributed by atoms with Gasteiger partial charge in [-0.15, -0.1) is 0 Å². The topological polar surface area (TPSA) is 108 Å². The number of benzene rings is 2. The summed E-state index contributed by atoms with van der Waals surface area (Å²) in [6.07, 6.45) is 6.57. The van der Waals surface area contributed by atoms with Crippen LogP contribution in [-0.4, -0.2) is 42.8 Å². The normalized spacial score (nSPS) is 10.6. The Kier molecular flexibility index (Phi) is 12.5. The summed E-state index contributed by atoms with van der Waals surface area (Å²) in [6, 6.07) is 13.5. The molecule has 0 bridgehead atoms. The summed E-state index contributed by atoms with van der Waals surface area (Å²) < 4.78 is 21.0.